The molecule has 2 aromatic carbocycles. The second kappa shape index (κ2) is 8.74. The number of benzene rings is 2. The van der Waals surface area contributed by atoms with Gasteiger partial charge in [0.2, 0.25) is 5.89 Å². The van der Waals surface area contributed by atoms with Crippen molar-refractivity contribution in [2.45, 2.75) is 37.5 Å². The molecular weight excluding hydrogens is 428 g/mol. The van der Waals surface area contributed by atoms with Crippen LogP contribution in [-0.4, -0.2) is 49.5 Å². The van der Waals surface area contributed by atoms with Gasteiger partial charge < -0.3 is 9.42 Å². The zero-order chi connectivity index (χ0) is 22.9. The van der Waals surface area contributed by atoms with Crippen molar-refractivity contribution in [2.24, 2.45) is 0 Å². The molecular formula is C23H26N4O4S. The van der Waals surface area contributed by atoms with Gasteiger partial charge >= 0.3 is 0 Å². The third-order valence-electron chi connectivity index (χ3n) is 5.76. The predicted octanol–water partition coefficient (Wildman–Crippen LogP) is 3.53. The fourth-order valence-electron chi connectivity index (χ4n) is 3.85. The molecule has 1 aromatic heterocycles. The molecule has 0 radical (unpaired) electrons. The van der Waals surface area contributed by atoms with E-state index in [4.69, 9.17) is 4.52 Å². The molecule has 8 nitrogen and oxygen atoms in total. The summed E-state index contributed by atoms with van der Waals surface area (Å²) in [5, 5.41) is 3.85. The Balaban J connectivity index is 1.48. The van der Waals surface area contributed by atoms with Gasteiger partial charge in [0.25, 0.3) is 15.9 Å². The zero-order valence-corrected chi connectivity index (χ0v) is 19.2. The van der Waals surface area contributed by atoms with E-state index in [1.165, 1.54) is 11.4 Å². The summed E-state index contributed by atoms with van der Waals surface area (Å²) in [4.78, 5) is 19.4. The van der Waals surface area contributed by atoms with Crippen LogP contribution in [0.1, 0.15) is 46.4 Å². The van der Waals surface area contributed by atoms with Crippen LogP contribution in [0, 0.1) is 13.8 Å². The van der Waals surface area contributed by atoms with Crippen LogP contribution >= 0.6 is 0 Å². The Labute approximate surface area is 187 Å². The normalized spacial score (nSPS) is 16.7. The largest absolute Gasteiger partial charge is 0.339 e. The molecule has 2 heterocycles. The number of carbonyl (C=O) groups excluding carboxylic acids is 1. The summed E-state index contributed by atoms with van der Waals surface area (Å²) in [5.74, 6) is 1.09. The maximum Gasteiger partial charge on any atom is 0.264 e. The first kappa shape index (κ1) is 22.0. The number of nitrogens with zero attached hydrogens (tertiary/aromatic N) is 4. The predicted molar refractivity (Wildman–Crippen MR) is 120 cm³/mol. The lowest BCUT2D eigenvalue weighted by molar-refractivity contribution is 0.0695. The van der Waals surface area contributed by atoms with Crippen LogP contribution in [0.15, 0.2) is 57.9 Å². The van der Waals surface area contributed by atoms with Crippen LogP contribution in [0.5, 0.6) is 0 Å². The highest BCUT2D eigenvalue weighted by Gasteiger charge is 2.29. The maximum absolute atomic E-state index is 13.0. The zero-order valence-electron chi connectivity index (χ0n) is 18.4. The minimum Gasteiger partial charge on any atom is -0.339 e. The van der Waals surface area contributed by atoms with Crippen LogP contribution in [0.25, 0.3) is 0 Å². The molecule has 1 atom stereocenters. The number of amides is 1. The number of sulfonamides is 1. The van der Waals surface area contributed by atoms with E-state index in [-0.39, 0.29) is 16.7 Å². The molecule has 0 spiro atoms. The first-order valence-corrected chi connectivity index (χ1v) is 11.9. The van der Waals surface area contributed by atoms with Crippen molar-refractivity contribution in [1.82, 2.24) is 15.0 Å². The van der Waals surface area contributed by atoms with Gasteiger partial charge in [0.1, 0.15) is 0 Å². The molecule has 4 rings (SSSR count). The average molecular weight is 455 g/mol. The number of aromatic nitrogens is 2. The number of aryl methyl sites for hydroxylation is 2. The molecule has 0 aliphatic carbocycles. The summed E-state index contributed by atoms with van der Waals surface area (Å²) >= 11 is 0. The Morgan fingerprint density at radius 3 is 2.41 bits per heavy atom. The van der Waals surface area contributed by atoms with Crippen molar-refractivity contribution in [2.75, 3.05) is 24.4 Å². The minimum atomic E-state index is -3.68. The Bertz CT molecular complexity index is 1200. The van der Waals surface area contributed by atoms with E-state index >= 15 is 0 Å². The van der Waals surface area contributed by atoms with Gasteiger partial charge in [-0.25, -0.2) is 8.42 Å². The molecule has 1 aliphatic heterocycles. The molecule has 9 heteroatoms. The Morgan fingerprint density at radius 2 is 1.78 bits per heavy atom. The van der Waals surface area contributed by atoms with Gasteiger partial charge in [0, 0.05) is 25.7 Å². The molecule has 32 heavy (non-hydrogen) atoms. The first-order chi connectivity index (χ1) is 15.3. The minimum absolute atomic E-state index is 0.0268. The average Bonchev–Trinajstić information content (AvgIpc) is 3.25. The van der Waals surface area contributed by atoms with Crippen molar-refractivity contribution >= 4 is 21.6 Å². The molecule has 1 unspecified atom stereocenters. The number of carbonyl (C=O) groups is 1. The van der Waals surface area contributed by atoms with Crippen LogP contribution in [0.3, 0.4) is 0 Å². The van der Waals surface area contributed by atoms with Crippen molar-refractivity contribution in [3.8, 4) is 0 Å². The summed E-state index contributed by atoms with van der Waals surface area (Å²) in [7, 11) is -2.18. The molecule has 3 aromatic rings. The van der Waals surface area contributed by atoms with Crippen LogP contribution in [0.2, 0.25) is 0 Å². The van der Waals surface area contributed by atoms with E-state index in [1.807, 2.05) is 6.92 Å². The van der Waals surface area contributed by atoms with Crippen molar-refractivity contribution in [3.63, 3.8) is 0 Å². The SMILES string of the molecule is Cc1ccc(S(=O)(=O)N(C)c2ccc(C(=O)N3CCCC(c4nc(C)no4)C3)cc2)cc1. The van der Waals surface area contributed by atoms with Gasteiger partial charge in [0.05, 0.1) is 16.5 Å². The Kier molecular flexibility index (Phi) is 6.01. The Morgan fingerprint density at radius 1 is 1.09 bits per heavy atom. The second-order valence-corrected chi connectivity index (χ2v) is 10.1. The highest BCUT2D eigenvalue weighted by molar-refractivity contribution is 7.92. The van der Waals surface area contributed by atoms with E-state index in [9.17, 15) is 13.2 Å². The Hall–Kier alpha value is -3.20. The van der Waals surface area contributed by atoms with Gasteiger partial charge in [-0.15, -0.1) is 0 Å². The number of hydrogen-bond acceptors (Lipinski definition) is 6. The quantitative estimate of drug-likeness (QED) is 0.585. The molecule has 1 amide bonds. The lowest BCUT2D eigenvalue weighted by Gasteiger charge is -2.31. The molecule has 0 N–H and O–H groups in total. The fraction of sp³-hybridized carbons (Fsp3) is 0.348. The van der Waals surface area contributed by atoms with Gasteiger partial charge in [-0.05, 0) is 63.1 Å². The van der Waals surface area contributed by atoms with Gasteiger partial charge in [-0.3, -0.25) is 9.10 Å². The van der Waals surface area contributed by atoms with Gasteiger partial charge in [-0.2, -0.15) is 4.98 Å². The monoisotopic (exact) mass is 454 g/mol. The summed E-state index contributed by atoms with van der Waals surface area (Å²) in [5.41, 5.74) is 1.99. The number of piperidine rings is 1. The van der Waals surface area contributed by atoms with E-state index in [2.05, 4.69) is 10.1 Å². The molecule has 168 valence electrons. The van der Waals surface area contributed by atoms with Gasteiger partial charge in [-0.1, -0.05) is 22.9 Å². The first-order valence-electron chi connectivity index (χ1n) is 10.5. The third-order valence-corrected chi connectivity index (χ3v) is 7.56. The molecule has 1 fully saturated rings. The highest BCUT2D eigenvalue weighted by Crippen LogP contribution is 2.28. The summed E-state index contributed by atoms with van der Waals surface area (Å²) in [6, 6.07) is 13.4. The van der Waals surface area contributed by atoms with Crippen molar-refractivity contribution < 1.29 is 17.7 Å². The smallest absolute Gasteiger partial charge is 0.264 e. The summed E-state index contributed by atoms with van der Waals surface area (Å²) in [6.45, 7) is 4.86. The lowest BCUT2D eigenvalue weighted by Crippen LogP contribution is -2.39. The second-order valence-electron chi connectivity index (χ2n) is 8.10. The maximum atomic E-state index is 13.0. The molecule has 1 saturated heterocycles. The number of anilines is 1. The van der Waals surface area contributed by atoms with E-state index in [0.29, 0.717) is 36.1 Å². The summed E-state index contributed by atoms with van der Waals surface area (Å²) in [6.07, 6.45) is 1.75. The fourth-order valence-corrected chi connectivity index (χ4v) is 5.04. The topological polar surface area (TPSA) is 96.6 Å². The van der Waals surface area contributed by atoms with Crippen molar-refractivity contribution in [1.29, 1.82) is 0 Å². The molecule has 0 saturated carbocycles. The standard InChI is InChI=1S/C23H26N4O4S/c1-16-6-12-21(13-7-16)32(29,30)26(3)20-10-8-18(9-11-20)23(28)27-14-4-5-19(15-27)22-24-17(2)25-31-22/h6-13,19H,4-5,14-15H2,1-3H3. The van der Waals surface area contributed by atoms with E-state index < -0.39 is 10.0 Å². The molecule has 0 bridgehead atoms. The van der Waals surface area contributed by atoms with E-state index in [0.717, 1.165) is 18.4 Å². The van der Waals surface area contributed by atoms with Crippen LogP contribution < -0.4 is 4.31 Å². The third kappa shape index (κ3) is 4.38. The van der Waals surface area contributed by atoms with Crippen LogP contribution in [-0.2, 0) is 10.0 Å². The van der Waals surface area contributed by atoms with Crippen molar-refractivity contribution in [3.05, 3.63) is 71.4 Å². The van der Waals surface area contributed by atoms with E-state index in [1.54, 1.807) is 60.4 Å². The van der Waals surface area contributed by atoms with Gasteiger partial charge in [0.15, 0.2) is 5.82 Å². The number of hydrogen-bond donors (Lipinski definition) is 0. The van der Waals surface area contributed by atoms with Crippen LogP contribution in [0.4, 0.5) is 5.69 Å². The number of likely N-dealkylation sites (tertiary alicyclic amines) is 1. The number of rotatable bonds is 5. The summed E-state index contributed by atoms with van der Waals surface area (Å²) < 4.78 is 32.3. The highest BCUT2D eigenvalue weighted by atomic mass is 32.2. The lowest BCUT2D eigenvalue weighted by atomic mass is 9.97. The molecule has 1 aliphatic rings.